The van der Waals surface area contributed by atoms with Crippen molar-refractivity contribution in [2.24, 2.45) is 0 Å². The van der Waals surface area contributed by atoms with Gasteiger partial charge in [-0.05, 0) is 31.0 Å². The topological polar surface area (TPSA) is 65.1 Å². The van der Waals surface area contributed by atoms with Crippen LogP contribution < -0.4 is 5.32 Å². The number of H-pyrrole nitrogens is 1. The van der Waals surface area contributed by atoms with Crippen LogP contribution in [0, 0.1) is 13.8 Å². The molecule has 0 aliphatic rings. The molecule has 1 heterocycles. The SMILES string of the molecule is Cc1[nH]c2c(C(=O)NCC(O)Cc3ccccc3)cccc2c1C. The van der Waals surface area contributed by atoms with E-state index in [4.69, 9.17) is 0 Å². The molecule has 0 saturated heterocycles. The number of amides is 1. The van der Waals surface area contributed by atoms with E-state index in [1.165, 1.54) is 0 Å². The first-order valence-corrected chi connectivity index (χ1v) is 8.14. The Morgan fingerprint density at radius 3 is 2.62 bits per heavy atom. The third-order valence-electron chi connectivity index (χ3n) is 4.40. The number of rotatable bonds is 5. The van der Waals surface area contributed by atoms with Gasteiger partial charge in [-0.15, -0.1) is 0 Å². The highest BCUT2D eigenvalue weighted by molar-refractivity contribution is 6.06. The van der Waals surface area contributed by atoms with Gasteiger partial charge in [0.1, 0.15) is 0 Å². The largest absolute Gasteiger partial charge is 0.391 e. The second-order valence-electron chi connectivity index (χ2n) is 6.16. The van der Waals surface area contributed by atoms with Crippen LogP contribution in [0.15, 0.2) is 48.5 Å². The van der Waals surface area contributed by atoms with E-state index in [1.807, 2.05) is 56.3 Å². The van der Waals surface area contributed by atoms with E-state index in [2.05, 4.69) is 10.3 Å². The highest BCUT2D eigenvalue weighted by Crippen LogP contribution is 2.24. The number of aliphatic hydroxyl groups is 1. The molecule has 124 valence electrons. The van der Waals surface area contributed by atoms with Crippen LogP contribution in [0.5, 0.6) is 0 Å². The third kappa shape index (κ3) is 3.34. The van der Waals surface area contributed by atoms with Crippen LogP contribution in [0.4, 0.5) is 0 Å². The minimum Gasteiger partial charge on any atom is -0.391 e. The summed E-state index contributed by atoms with van der Waals surface area (Å²) in [5.41, 5.74) is 4.73. The number of carbonyl (C=O) groups is 1. The monoisotopic (exact) mass is 322 g/mol. The molecule has 4 heteroatoms. The van der Waals surface area contributed by atoms with Gasteiger partial charge in [-0.25, -0.2) is 0 Å². The van der Waals surface area contributed by atoms with Crippen LogP contribution in [0.2, 0.25) is 0 Å². The molecule has 0 aliphatic carbocycles. The number of benzene rings is 2. The lowest BCUT2D eigenvalue weighted by atomic mass is 10.1. The molecule has 3 N–H and O–H groups in total. The fraction of sp³-hybridized carbons (Fsp3) is 0.250. The van der Waals surface area contributed by atoms with Crippen LogP contribution in [0.25, 0.3) is 10.9 Å². The highest BCUT2D eigenvalue weighted by atomic mass is 16.3. The van der Waals surface area contributed by atoms with Gasteiger partial charge in [-0.2, -0.15) is 0 Å². The van der Waals surface area contributed by atoms with Crippen molar-refractivity contribution in [1.29, 1.82) is 0 Å². The molecule has 1 atom stereocenters. The molecule has 0 spiro atoms. The number of hydrogen-bond donors (Lipinski definition) is 3. The molecular formula is C20H22N2O2. The van der Waals surface area contributed by atoms with Crippen molar-refractivity contribution in [3.63, 3.8) is 0 Å². The zero-order valence-corrected chi connectivity index (χ0v) is 14.0. The van der Waals surface area contributed by atoms with Gasteiger partial charge in [0.15, 0.2) is 0 Å². The van der Waals surface area contributed by atoms with Crippen LogP contribution in [-0.4, -0.2) is 28.6 Å². The Morgan fingerprint density at radius 1 is 1.12 bits per heavy atom. The summed E-state index contributed by atoms with van der Waals surface area (Å²) in [5, 5.41) is 14.0. The number of para-hydroxylation sites is 1. The summed E-state index contributed by atoms with van der Waals surface area (Å²) in [7, 11) is 0. The predicted octanol–water partition coefficient (Wildman–Crippen LogP) is 3.12. The van der Waals surface area contributed by atoms with Crippen LogP contribution in [0.1, 0.15) is 27.2 Å². The number of aryl methyl sites for hydroxylation is 2. The first-order valence-electron chi connectivity index (χ1n) is 8.14. The number of fused-ring (bicyclic) bond motifs is 1. The van der Waals surface area contributed by atoms with Crippen molar-refractivity contribution >= 4 is 16.8 Å². The lowest BCUT2D eigenvalue weighted by molar-refractivity contribution is 0.0917. The molecule has 24 heavy (non-hydrogen) atoms. The molecule has 2 aromatic carbocycles. The van der Waals surface area contributed by atoms with E-state index in [1.54, 1.807) is 6.07 Å². The Morgan fingerprint density at radius 2 is 1.88 bits per heavy atom. The van der Waals surface area contributed by atoms with Crippen molar-refractivity contribution < 1.29 is 9.90 Å². The summed E-state index contributed by atoms with van der Waals surface area (Å²) >= 11 is 0. The zero-order chi connectivity index (χ0) is 17.1. The van der Waals surface area contributed by atoms with Crippen molar-refractivity contribution in [2.75, 3.05) is 6.54 Å². The summed E-state index contributed by atoms with van der Waals surface area (Å²) < 4.78 is 0. The van der Waals surface area contributed by atoms with Gasteiger partial charge in [0.2, 0.25) is 0 Å². The number of hydrogen-bond acceptors (Lipinski definition) is 2. The molecule has 0 radical (unpaired) electrons. The average molecular weight is 322 g/mol. The van der Waals surface area contributed by atoms with Gasteiger partial charge >= 0.3 is 0 Å². The summed E-state index contributed by atoms with van der Waals surface area (Å²) in [5.74, 6) is -0.172. The van der Waals surface area contributed by atoms with Crippen molar-refractivity contribution in [2.45, 2.75) is 26.4 Å². The molecule has 4 nitrogen and oxygen atoms in total. The second-order valence-corrected chi connectivity index (χ2v) is 6.16. The first kappa shape index (κ1) is 16.3. The van der Waals surface area contributed by atoms with E-state index in [0.29, 0.717) is 12.0 Å². The number of aromatic nitrogens is 1. The first-order chi connectivity index (χ1) is 11.6. The van der Waals surface area contributed by atoms with E-state index in [-0.39, 0.29) is 12.5 Å². The minimum atomic E-state index is -0.609. The lowest BCUT2D eigenvalue weighted by Crippen LogP contribution is -2.33. The van der Waals surface area contributed by atoms with Crippen molar-refractivity contribution in [3.8, 4) is 0 Å². The van der Waals surface area contributed by atoms with E-state index >= 15 is 0 Å². The van der Waals surface area contributed by atoms with Gasteiger partial charge in [0, 0.05) is 24.0 Å². The fourth-order valence-corrected chi connectivity index (χ4v) is 2.94. The molecule has 1 unspecified atom stereocenters. The standard InChI is InChI=1S/C20H22N2O2/c1-13-14(2)22-19-17(13)9-6-10-18(19)20(24)21-12-16(23)11-15-7-4-3-5-8-15/h3-10,16,22-23H,11-12H2,1-2H3,(H,21,24). The smallest absolute Gasteiger partial charge is 0.253 e. The highest BCUT2D eigenvalue weighted by Gasteiger charge is 2.15. The minimum absolute atomic E-state index is 0.172. The summed E-state index contributed by atoms with van der Waals surface area (Å²) in [6.45, 7) is 4.27. The van der Waals surface area contributed by atoms with Gasteiger partial charge in [-0.3, -0.25) is 4.79 Å². The number of aromatic amines is 1. The number of carbonyl (C=O) groups excluding carboxylic acids is 1. The van der Waals surface area contributed by atoms with Crippen LogP contribution in [-0.2, 0) is 6.42 Å². The van der Waals surface area contributed by atoms with Crippen LogP contribution in [0.3, 0.4) is 0 Å². The molecule has 3 rings (SSSR count). The van der Waals surface area contributed by atoms with Gasteiger partial charge in [0.05, 0.1) is 17.2 Å². The molecule has 0 saturated carbocycles. The van der Waals surface area contributed by atoms with Gasteiger partial charge in [0.25, 0.3) is 5.91 Å². The average Bonchev–Trinajstić information content (AvgIpc) is 2.88. The molecule has 0 aliphatic heterocycles. The Kier molecular flexibility index (Phi) is 4.67. The summed E-state index contributed by atoms with van der Waals surface area (Å²) in [4.78, 5) is 15.8. The molecule has 3 aromatic rings. The normalized spacial score (nSPS) is 12.3. The van der Waals surface area contributed by atoms with Crippen molar-refractivity contribution in [1.82, 2.24) is 10.3 Å². The zero-order valence-electron chi connectivity index (χ0n) is 14.0. The fourth-order valence-electron chi connectivity index (χ4n) is 2.94. The second kappa shape index (κ2) is 6.89. The molecular weight excluding hydrogens is 300 g/mol. The predicted molar refractivity (Wildman–Crippen MR) is 96.3 cm³/mol. The Balaban J connectivity index is 1.68. The Bertz CT molecular complexity index is 853. The Hall–Kier alpha value is -2.59. The van der Waals surface area contributed by atoms with Crippen molar-refractivity contribution in [3.05, 3.63) is 70.9 Å². The summed E-state index contributed by atoms with van der Waals surface area (Å²) in [6.07, 6.45) is -0.0888. The molecule has 0 bridgehead atoms. The maximum absolute atomic E-state index is 12.5. The number of aliphatic hydroxyl groups excluding tert-OH is 1. The van der Waals surface area contributed by atoms with Gasteiger partial charge in [-0.1, -0.05) is 42.5 Å². The molecule has 1 aromatic heterocycles. The maximum atomic E-state index is 12.5. The number of nitrogens with one attached hydrogen (secondary N) is 2. The van der Waals surface area contributed by atoms with E-state index in [9.17, 15) is 9.90 Å². The lowest BCUT2D eigenvalue weighted by Gasteiger charge is -2.12. The van der Waals surface area contributed by atoms with E-state index < -0.39 is 6.10 Å². The van der Waals surface area contributed by atoms with Crippen LogP contribution >= 0.6 is 0 Å². The molecule has 1 amide bonds. The van der Waals surface area contributed by atoms with E-state index in [0.717, 1.165) is 27.7 Å². The maximum Gasteiger partial charge on any atom is 0.253 e. The molecule has 0 fully saturated rings. The Labute approximate surface area is 141 Å². The third-order valence-corrected chi connectivity index (χ3v) is 4.40. The summed E-state index contributed by atoms with van der Waals surface area (Å²) in [6, 6.07) is 15.5. The van der Waals surface area contributed by atoms with Gasteiger partial charge < -0.3 is 15.4 Å². The quantitative estimate of drug-likeness (QED) is 0.676.